The van der Waals surface area contributed by atoms with Gasteiger partial charge in [-0.1, -0.05) is 48.5 Å². The molecule has 0 N–H and O–H groups in total. The summed E-state index contributed by atoms with van der Waals surface area (Å²) < 4.78 is 10.9. The van der Waals surface area contributed by atoms with Crippen LogP contribution in [0.4, 0.5) is 0 Å². The van der Waals surface area contributed by atoms with E-state index in [-0.39, 0.29) is 12.6 Å². The van der Waals surface area contributed by atoms with Gasteiger partial charge in [0.05, 0.1) is 6.26 Å². The first-order valence-electron chi connectivity index (χ1n) is 6.81. The van der Waals surface area contributed by atoms with Crippen LogP contribution in [0.15, 0.2) is 60.9 Å². The molecule has 0 heterocycles. The number of rotatable bonds is 5. The Morgan fingerprint density at radius 3 is 2.57 bits per heavy atom. The molecule has 0 spiro atoms. The van der Waals surface area contributed by atoms with E-state index in [1.54, 1.807) is 18.4 Å². The van der Waals surface area contributed by atoms with Crippen LogP contribution in [0.5, 0.6) is 5.75 Å². The lowest BCUT2D eigenvalue weighted by Gasteiger charge is -2.11. The van der Waals surface area contributed by atoms with Crippen LogP contribution in [0.1, 0.15) is 28.4 Å². The van der Waals surface area contributed by atoms with Gasteiger partial charge in [-0.25, -0.2) is 4.79 Å². The van der Waals surface area contributed by atoms with Gasteiger partial charge in [0.15, 0.2) is 0 Å². The molecule has 2 aromatic carbocycles. The zero-order chi connectivity index (χ0) is 15.1. The Morgan fingerprint density at radius 2 is 1.86 bits per heavy atom. The number of esters is 1. The Kier molecular flexibility index (Phi) is 5.16. The van der Waals surface area contributed by atoms with Crippen molar-refractivity contribution in [1.82, 2.24) is 0 Å². The van der Waals surface area contributed by atoms with Gasteiger partial charge in [0, 0.05) is 0 Å². The quantitative estimate of drug-likeness (QED) is 0.607. The van der Waals surface area contributed by atoms with Gasteiger partial charge in [-0.2, -0.15) is 0 Å². The van der Waals surface area contributed by atoms with Crippen LogP contribution in [-0.2, 0) is 11.3 Å². The molecule has 0 aliphatic heterocycles. The Bertz CT molecular complexity index is 630. The highest BCUT2D eigenvalue weighted by molar-refractivity contribution is 5.93. The number of aryl methyl sites for hydroxylation is 1. The van der Waals surface area contributed by atoms with Crippen molar-refractivity contribution in [2.24, 2.45) is 0 Å². The summed E-state index contributed by atoms with van der Waals surface area (Å²) in [7, 11) is 0. The topological polar surface area (TPSA) is 35.5 Å². The SMILES string of the molecule is CC=COc1c(C)cccc1C(=O)OCc1ccccc1. The molecule has 0 bridgehead atoms. The average molecular weight is 282 g/mol. The number of carbonyl (C=O) groups is 1. The summed E-state index contributed by atoms with van der Waals surface area (Å²) in [6.07, 6.45) is 3.32. The fourth-order valence-corrected chi connectivity index (χ4v) is 1.91. The molecule has 2 rings (SSSR count). The van der Waals surface area contributed by atoms with Crippen LogP contribution in [0.2, 0.25) is 0 Å². The van der Waals surface area contributed by atoms with Crippen molar-refractivity contribution < 1.29 is 14.3 Å². The van der Waals surface area contributed by atoms with Gasteiger partial charge in [-0.3, -0.25) is 0 Å². The molecule has 108 valence electrons. The van der Waals surface area contributed by atoms with Crippen LogP contribution in [0.3, 0.4) is 0 Å². The van der Waals surface area contributed by atoms with Gasteiger partial charge in [0.1, 0.15) is 17.9 Å². The van der Waals surface area contributed by atoms with Crippen molar-refractivity contribution in [3.8, 4) is 5.75 Å². The summed E-state index contributed by atoms with van der Waals surface area (Å²) in [6, 6.07) is 15.0. The molecule has 3 heteroatoms. The summed E-state index contributed by atoms with van der Waals surface area (Å²) in [5.41, 5.74) is 2.28. The maximum Gasteiger partial charge on any atom is 0.342 e. The fourth-order valence-electron chi connectivity index (χ4n) is 1.91. The summed E-state index contributed by atoms with van der Waals surface area (Å²) in [5.74, 6) is 0.149. The summed E-state index contributed by atoms with van der Waals surface area (Å²) in [4.78, 5) is 12.2. The predicted octanol–water partition coefficient (Wildman–Crippen LogP) is 4.26. The van der Waals surface area contributed by atoms with Gasteiger partial charge in [0.25, 0.3) is 0 Å². The maximum absolute atomic E-state index is 12.2. The maximum atomic E-state index is 12.2. The fraction of sp³-hybridized carbons (Fsp3) is 0.167. The Morgan fingerprint density at radius 1 is 1.10 bits per heavy atom. The predicted molar refractivity (Wildman–Crippen MR) is 82.2 cm³/mol. The molecule has 21 heavy (non-hydrogen) atoms. The zero-order valence-electron chi connectivity index (χ0n) is 12.2. The number of benzene rings is 2. The Labute approximate surface area is 124 Å². The number of para-hydroxylation sites is 1. The zero-order valence-corrected chi connectivity index (χ0v) is 12.2. The molecule has 3 nitrogen and oxygen atoms in total. The molecule has 0 aliphatic carbocycles. The second kappa shape index (κ2) is 7.29. The largest absolute Gasteiger partial charge is 0.464 e. The number of allylic oxidation sites excluding steroid dienone is 1. The summed E-state index contributed by atoms with van der Waals surface area (Å²) in [6.45, 7) is 4.00. The van der Waals surface area contributed by atoms with E-state index in [2.05, 4.69) is 0 Å². The minimum absolute atomic E-state index is 0.247. The van der Waals surface area contributed by atoms with E-state index in [1.807, 2.05) is 56.3 Å². The number of carbonyl (C=O) groups excluding carboxylic acids is 1. The first-order valence-corrected chi connectivity index (χ1v) is 6.81. The second-order valence-corrected chi connectivity index (χ2v) is 4.60. The second-order valence-electron chi connectivity index (χ2n) is 4.60. The molecular formula is C18H18O3. The lowest BCUT2D eigenvalue weighted by molar-refractivity contribution is 0.0469. The van der Waals surface area contributed by atoms with Crippen molar-refractivity contribution in [2.75, 3.05) is 0 Å². The van der Waals surface area contributed by atoms with E-state index in [9.17, 15) is 4.79 Å². The highest BCUT2D eigenvalue weighted by atomic mass is 16.5. The summed E-state index contributed by atoms with van der Waals surface area (Å²) >= 11 is 0. The normalized spacial score (nSPS) is 10.6. The third-order valence-corrected chi connectivity index (χ3v) is 2.97. The van der Waals surface area contributed by atoms with Crippen LogP contribution < -0.4 is 4.74 Å². The van der Waals surface area contributed by atoms with Crippen LogP contribution in [0.25, 0.3) is 0 Å². The molecule has 0 unspecified atom stereocenters. The van der Waals surface area contributed by atoms with Gasteiger partial charge in [0.2, 0.25) is 0 Å². The van der Waals surface area contributed by atoms with Gasteiger partial charge in [-0.15, -0.1) is 0 Å². The van der Waals surface area contributed by atoms with Gasteiger partial charge < -0.3 is 9.47 Å². The van der Waals surface area contributed by atoms with Crippen molar-refractivity contribution in [3.63, 3.8) is 0 Å². The third-order valence-electron chi connectivity index (χ3n) is 2.97. The van der Waals surface area contributed by atoms with Crippen molar-refractivity contribution >= 4 is 5.97 Å². The standard InChI is InChI=1S/C18H18O3/c1-3-12-20-17-14(2)8-7-11-16(17)18(19)21-13-15-9-5-4-6-10-15/h3-12H,13H2,1-2H3. The molecule has 0 fully saturated rings. The van der Waals surface area contributed by atoms with Crippen LogP contribution in [0, 0.1) is 6.92 Å². The molecule has 0 aliphatic rings. The molecule has 0 radical (unpaired) electrons. The molecule has 0 aromatic heterocycles. The minimum Gasteiger partial charge on any atom is -0.464 e. The first-order chi connectivity index (χ1) is 10.2. The third kappa shape index (κ3) is 3.96. The van der Waals surface area contributed by atoms with E-state index < -0.39 is 0 Å². The van der Waals surface area contributed by atoms with Crippen LogP contribution >= 0.6 is 0 Å². The molecule has 0 atom stereocenters. The lowest BCUT2D eigenvalue weighted by Crippen LogP contribution is -2.07. The Hall–Kier alpha value is -2.55. The van der Waals surface area contributed by atoms with Gasteiger partial charge in [-0.05, 0) is 31.0 Å². The number of hydrogen-bond acceptors (Lipinski definition) is 3. The number of hydrogen-bond donors (Lipinski definition) is 0. The smallest absolute Gasteiger partial charge is 0.342 e. The molecule has 0 amide bonds. The molecule has 0 saturated carbocycles. The van der Waals surface area contributed by atoms with E-state index >= 15 is 0 Å². The average Bonchev–Trinajstić information content (AvgIpc) is 2.52. The van der Waals surface area contributed by atoms with E-state index in [0.717, 1.165) is 11.1 Å². The van der Waals surface area contributed by atoms with E-state index in [1.165, 1.54) is 0 Å². The monoisotopic (exact) mass is 282 g/mol. The molecule has 0 saturated heterocycles. The first kappa shape index (κ1) is 14.9. The summed E-state index contributed by atoms with van der Waals surface area (Å²) in [5, 5.41) is 0. The minimum atomic E-state index is -0.387. The number of ether oxygens (including phenoxy) is 2. The van der Waals surface area contributed by atoms with Crippen molar-refractivity contribution in [1.29, 1.82) is 0 Å². The highest BCUT2D eigenvalue weighted by Gasteiger charge is 2.15. The molecule has 2 aromatic rings. The van der Waals surface area contributed by atoms with Crippen molar-refractivity contribution in [2.45, 2.75) is 20.5 Å². The van der Waals surface area contributed by atoms with Crippen molar-refractivity contribution in [3.05, 3.63) is 77.6 Å². The Balaban J connectivity index is 2.13. The van der Waals surface area contributed by atoms with Gasteiger partial charge >= 0.3 is 5.97 Å². The van der Waals surface area contributed by atoms with Crippen LogP contribution in [-0.4, -0.2) is 5.97 Å². The van der Waals surface area contributed by atoms with E-state index in [4.69, 9.17) is 9.47 Å². The van der Waals surface area contributed by atoms with E-state index in [0.29, 0.717) is 11.3 Å². The lowest BCUT2D eigenvalue weighted by atomic mass is 10.1. The molecular weight excluding hydrogens is 264 g/mol. The highest BCUT2D eigenvalue weighted by Crippen LogP contribution is 2.24.